The fourth-order valence-electron chi connectivity index (χ4n) is 5.82. The predicted molar refractivity (Wildman–Crippen MR) is 120 cm³/mol. The van der Waals surface area contributed by atoms with E-state index in [1.54, 1.807) is 12.1 Å². The highest BCUT2D eigenvalue weighted by atomic mass is 19.1. The molecule has 0 aromatic heterocycles. The van der Waals surface area contributed by atoms with Gasteiger partial charge in [0, 0.05) is 24.9 Å². The Bertz CT molecular complexity index is 654. The SMILES string of the molecule is CC(C)CCN(CC1CCCCC1)C1CCCC(CC(=O)O)C1c1ccc(F)cc1. The highest BCUT2D eigenvalue weighted by Gasteiger charge is 2.39. The highest BCUT2D eigenvalue weighted by molar-refractivity contribution is 5.67. The van der Waals surface area contributed by atoms with Crippen molar-refractivity contribution >= 4 is 5.97 Å². The Labute approximate surface area is 182 Å². The molecule has 3 rings (SSSR count). The molecule has 4 heteroatoms. The number of hydrogen-bond donors (Lipinski definition) is 1. The lowest BCUT2D eigenvalue weighted by Gasteiger charge is -2.46. The molecule has 168 valence electrons. The summed E-state index contributed by atoms with van der Waals surface area (Å²) in [4.78, 5) is 14.3. The van der Waals surface area contributed by atoms with E-state index in [2.05, 4.69) is 18.7 Å². The van der Waals surface area contributed by atoms with Crippen molar-refractivity contribution in [2.24, 2.45) is 17.8 Å². The molecule has 0 radical (unpaired) electrons. The Morgan fingerprint density at radius 2 is 1.77 bits per heavy atom. The standard InChI is InChI=1S/C26H40FNO2/c1-19(2)15-16-28(18-20-7-4-3-5-8-20)24-10-6-9-22(17-25(29)30)26(24)21-11-13-23(27)14-12-21/h11-14,19-20,22,24,26H,3-10,15-18H2,1-2H3,(H,29,30). The highest BCUT2D eigenvalue weighted by Crippen LogP contribution is 2.43. The van der Waals surface area contributed by atoms with Crippen LogP contribution in [0.15, 0.2) is 24.3 Å². The van der Waals surface area contributed by atoms with E-state index in [1.807, 2.05) is 12.1 Å². The zero-order valence-corrected chi connectivity index (χ0v) is 18.9. The number of hydrogen-bond acceptors (Lipinski definition) is 2. The minimum absolute atomic E-state index is 0.125. The molecule has 2 aliphatic rings. The van der Waals surface area contributed by atoms with Crippen LogP contribution in [0.1, 0.15) is 89.5 Å². The molecule has 0 amide bonds. The molecule has 1 aromatic carbocycles. The predicted octanol–water partition coefficient (Wildman–Crippen LogP) is 6.48. The molecule has 0 heterocycles. The molecule has 2 aliphatic carbocycles. The van der Waals surface area contributed by atoms with Gasteiger partial charge in [-0.3, -0.25) is 9.69 Å². The lowest BCUT2D eigenvalue weighted by molar-refractivity contribution is -0.138. The van der Waals surface area contributed by atoms with E-state index in [-0.39, 0.29) is 24.1 Å². The maximum absolute atomic E-state index is 13.6. The van der Waals surface area contributed by atoms with Gasteiger partial charge in [-0.25, -0.2) is 4.39 Å². The molecule has 0 saturated heterocycles. The molecule has 2 saturated carbocycles. The summed E-state index contributed by atoms with van der Waals surface area (Å²) in [6, 6.07) is 7.23. The lowest BCUT2D eigenvalue weighted by Crippen LogP contribution is -2.47. The number of nitrogens with zero attached hydrogens (tertiary/aromatic N) is 1. The van der Waals surface area contributed by atoms with E-state index in [1.165, 1.54) is 38.5 Å². The Hall–Kier alpha value is -1.42. The lowest BCUT2D eigenvalue weighted by atomic mass is 9.70. The molecule has 3 nitrogen and oxygen atoms in total. The van der Waals surface area contributed by atoms with E-state index >= 15 is 0 Å². The zero-order chi connectivity index (χ0) is 21.5. The molecule has 0 spiro atoms. The molecule has 3 unspecified atom stereocenters. The van der Waals surface area contributed by atoms with E-state index in [9.17, 15) is 14.3 Å². The Morgan fingerprint density at radius 3 is 2.40 bits per heavy atom. The summed E-state index contributed by atoms with van der Waals surface area (Å²) in [5.74, 6) is 0.778. The van der Waals surface area contributed by atoms with E-state index in [4.69, 9.17) is 0 Å². The van der Waals surface area contributed by atoms with Crippen LogP contribution in [-0.4, -0.2) is 35.1 Å². The van der Waals surface area contributed by atoms with E-state index in [0.717, 1.165) is 43.8 Å². The minimum Gasteiger partial charge on any atom is -0.481 e. The third-order valence-electron chi connectivity index (χ3n) is 7.37. The van der Waals surface area contributed by atoms with Gasteiger partial charge < -0.3 is 5.11 Å². The summed E-state index contributed by atoms with van der Waals surface area (Å²) < 4.78 is 13.6. The maximum Gasteiger partial charge on any atom is 0.303 e. The van der Waals surface area contributed by atoms with Crippen LogP contribution in [0.2, 0.25) is 0 Å². The largest absolute Gasteiger partial charge is 0.481 e. The number of halogens is 1. The van der Waals surface area contributed by atoms with Gasteiger partial charge in [0.1, 0.15) is 5.82 Å². The van der Waals surface area contributed by atoms with Crippen LogP contribution in [0.5, 0.6) is 0 Å². The van der Waals surface area contributed by atoms with Crippen LogP contribution in [-0.2, 0) is 4.79 Å². The summed E-state index contributed by atoms with van der Waals surface area (Å²) >= 11 is 0. The summed E-state index contributed by atoms with van der Waals surface area (Å²) in [7, 11) is 0. The molecular weight excluding hydrogens is 377 g/mol. The number of carboxylic acid groups (broad SMARTS) is 1. The second-order valence-corrected chi connectivity index (χ2v) is 10.1. The summed E-state index contributed by atoms with van der Waals surface area (Å²) in [5.41, 5.74) is 1.12. The first-order chi connectivity index (χ1) is 14.4. The maximum atomic E-state index is 13.6. The molecule has 3 atom stereocenters. The van der Waals surface area contributed by atoms with Crippen molar-refractivity contribution in [1.82, 2.24) is 4.90 Å². The fraction of sp³-hybridized carbons (Fsp3) is 0.731. The topological polar surface area (TPSA) is 40.5 Å². The van der Waals surface area contributed by atoms with E-state index < -0.39 is 5.97 Å². The van der Waals surface area contributed by atoms with Crippen LogP contribution in [0.3, 0.4) is 0 Å². The van der Waals surface area contributed by atoms with Gasteiger partial charge in [-0.1, -0.05) is 51.7 Å². The second-order valence-electron chi connectivity index (χ2n) is 10.1. The first-order valence-electron chi connectivity index (χ1n) is 12.2. The first-order valence-corrected chi connectivity index (χ1v) is 12.2. The normalized spacial score (nSPS) is 25.7. The van der Waals surface area contributed by atoms with Gasteiger partial charge in [-0.05, 0) is 74.1 Å². The molecule has 1 aromatic rings. The van der Waals surface area contributed by atoms with Gasteiger partial charge in [0.25, 0.3) is 0 Å². The summed E-state index contributed by atoms with van der Waals surface area (Å²) in [5, 5.41) is 9.56. The van der Waals surface area contributed by atoms with Crippen molar-refractivity contribution in [2.45, 2.75) is 90.0 Å². The van der Waals surface area contributed by atoms with Crippen LogP contribution < -0.4 is 0 Å². The molecule has 0 bridgehead atoms. The third kappa shape index (κ3) is 6.54. The molecule has 0 aliphatic heterocycles. The van der Waals surface area contributed by atoms with Crippen molar-refractivity contribution in [1.29, 1.82) is 0 Å². The van der Waals surface area contributed by atoms with Crippen LogP contribution in [0.4, 0.5) is 4.39 Å². The first kappa shape index (κ1) is 23.2. The fourth-order valence-corrected chi connectivity index (χ4v) is 5.82. The van der Waals surface area contributed by atoms with Crippen molar-refractivity contribution in [3.8, 4) is 0 Å². The van der Waals surface area contributed by atoms with Crippen molar-refractivity contribution in [2.75, 3.05) is 13.1 Å². The Kier molecular flexibility index (Phi) is 8.73. The van der Waals surface area contributed by atoms with Gasteiger partial charge in [0.15, 0.2) is 0 Å². The second kappa shape index (κ2) is 11.3. The Balaban J connectivity index is 1.87. The smallest absolute Gasteiger partial charge is 0.303 e. The van der Waals surface area contributed by atoms with Gasteiger partial charge in [0.2, 0.25) is 0 Å². The van der Waals surface area contributed by atoms with Gasteiger partial charge in [-0.2, -0.15) is 0 Å². The number of benzene rings is 1. The number of aliphatic carboxylic acids is 1. The Morgan fingerprint density at radius 1 is 1.07 bits per heavy atom. The average molecular weight is 418 g/mol. The van der Waals surface area contributed by atoms with Crippen LogP contribution in [0, 0.1) is 23.6 Å². The third-order valence-corrected chi connectivity index (χ3v) is 7.37. The molecule has 30 heavy (non-hydrogen) atoms. The zero-order valence-electron chi connectivity index (χ0n) is 18.9. The summed E-state index contributed by atoms with van der Waals surface area (Å²) in [6.07, 6.45) is 11.2. The van der Waals surface area contributed by atoms with Crippen molar-refractivity contribution in [3.05, 3.63) is 35.6 Å². The van der Waals surface area contributed by atoms with Gasteiger partial charge in [0.05, 0.1) is 0 Å². The van der Waals surface area contributed by atoms with Crippen molar-refractivity contribution in [3.63, 3.8) is 0 Å². The minimum atomic E-state index is -0.714. The van der Waals surface area contributed by atoms with Crippen LogP contribution >= 0.6 is 0 Å². The van der Waals surface area contributed by atoms with Crippen LogP contribution in [0.25, 0.3) is 0 Å². The average Bonchev–Trinajstić information content (AvgIpc) is 2.72. The van der Waals surface area contributed by atoms with E-state index in [0.29, 0.717) is 12.0 Å². The molecular formula is C26H40FNO2. The summed E-state index contributed by atoms with van der Waals surface area (Å²) in [6.45, 7) is 6.78. The molecule has 2 fully saturated rings. The quantitative estimate of drug-likeness (QED) is 0.500. The van der Waals surface area contributed by atoms with Gasteiger partial charge in [-0.15, -0.1) is 0 Å². The number of carboxylic acids is 1. The number of carbonyl (C=O) groups is 1. The van der Waals surface area contributed by atoms with Crippen molar-refractivity contribution < 1.29 is 14.3 Å². The molecule has 1 N–H and O–H groups in total. The monoisotopic (exact) mass is 417 g/mol. The number of rotatable bonds is 9. The van der Waals surface area contributed by atoms with Gasteiger partial charge >= 0.3 is 5.97 Å².